The molecule has 3 aliphatic heterocycles. The largest absolute Gasteiger partial charge is 0.497 e. The van der Waals surface area contributed by atoms with Crippen molar-refractivity contribution in [3.63, 3.8) is 0 Å². The lowest BCUT2D eigenvalue weighted by Gasteiger charge is -2.31. The molecule has 0 saturated carbocycles. The van der Waals surface area contributed by atoms with Gasteiger partial charge in [-0.1, -0.05) is 47.7 Å². The lowest BCUT2D eigenvalue weighted by molar-refractivity contribution is -0.131. The number of carbonyl (C=O) groups excluding carboxylic acids is 1. The molecule has 2 aromatic carbocycles. The molecule has 6 nitrogen and oxygen atoms in total. The number of amides is 1. The molecule has 1 N–H and O–H groups in total. The van der Waals surface area contributed by atoms with Gasteiger partial charge in [0, 0.05) is 30.8 Å². The minimum atomic E-state index is 0.134. The van der Waals surface area contributed by atoms with Crippen LogP contribution in [0.5, 0.6) is 5.75 Å². The summed E-state index contributed by atoms with van der Waals surface area (Å²) in [6.45, 7) is 2.39. The van der Waals surface area contributed by atoms with Gasteiger partial charge in [0.25, 0.3) is 0 Å². The fourth-order valence-corrected chi connectivity index (χ4v) is 5.77. The lowest BCUT2D eigenvalue weighted by Crippen LogP contribution is -2.44. The van der Waals surface area contributed by atoms with E-state index in [1.165, 1.54) is 10.5 Å². The van der Waals surface area contributed by atoms with Crippen molar-refractivity contribution in [2.24, 2.45) is 4.99 Å². The maximum absolute atomic E-state index is 13.4. The number of rotatable bonds is 5. The Hall–Kier alpha value is -3.32. The molecule has 0 spiro atoms. The molecule has 0 bridgehead atoms. The predicted octanol–water partition coefficient (Wildman–Crippen LogP) is 5.18. The first-order valence-electron chi connectivity index (χ1n) is 12.1. The molecule has 35 heavy (non-hydrogen) atoms. The molecule has 3 aliphatic rings. The van der Waals surface area contributed by atoms with E-state index < -0.39 is 0 Å². The van der Waals surface area contributed by atoms with E-state index in [4.69, 9.17) is 15.1 Å². The Morgan fingerprint density at radius 2 is 1.77 bits per heavy atom. The van der Waals surface area contributed by atoms with Crippen molar-refractivity contribution in [2.75, 3.05) is 33.3 Å². The van der Waals surface area contributed by atoms with Gasteiger partial charge in [-0.15, -0.1) is 0 Å². The Morgan fingerprint density at radius 3 is 2.54 bits per heavy atom. The smallest absolute Gasteiger partial charge is 0.242 e. The highest BCUT2D eigenvalue weighted by molar-refractivity contribution is 8.17. The van der Waals surface area contributed by atoms with Gasteiger partial charge in [-0.3, -0.25) is 10.2 Å². The molecule has 180 valence electrons. The molecule has 0 aliphatic carbocycles. The predicted molar refractivity (Wildman–Crippen MR) is 143 cm³/mol. The molecule has 0 saturated heterocycles. The Balaban J connectivity index is 1.32. The van der Waals surface area contributed by atoms with Crippen molar-refractivity contribution < 1.29 is 9.53 Å². The van der Waals surface area contributed by atoms with Crippen LogP contribution >= 0.6 is 11.8 Å². The molecule has 7 heteroatoms. The lowest BCUT2D eigenvalue weighted by atomic mass is 10.1. The summed E-state index contributed by atoms with van der Waals surface area (Å²) >= 11 is 1.61. The molecule has 0 atom stereocenters. The third-order valence-electron chi connectivity index (χ3n) is 6.71. The van der Waals surface area contributed by atoms with Crippen molar-refractivity contribution in [3.8, 4) is 5.75 Å². The second-order valence-electron chi connectivity index (χ2n) is 8.93. The van der Waals surface area contributed by atoms with Crippen LogP contribution < -0.4 is 4.74 Å². The van der Waals surface area contributed by atoms with Gasteiger partial charge in [0.1, 0.15) is 11.6 Å². The van der Waals surface area contributed by atoms with E-state index in [9.17, 15) is 4.79 Å². The van der Waals surface area contributed by atoms with Crippen LogP contribution in [0.25, 0.3) is 5.70 Å². The Labute approximate surface area is 210 Å². The van der Waals surface area contributed by atoms with Crippen molar-refractivity contribution >= 4 is 34.2 Å². The quantitative estimate of drug-likeness (QED) is 0.632. The van der Waals surface area contributed by atoms with Crippen molar-refractivity contribution in [2.45, 2.75) is 25.7 Å². The SMILES string of the molecule is COc1ccc(C2=CCN(CC(=O)N3CCC4=C(CC3)SC(=N)CC4)C(c3ccccc3)=N2)cc1. The van der Waals surface area contributed by atoms with Crippen LogP contribution in [0.2, 0.25) is 0 Å². The van der Waals surface area contributed by atoms with E-state index in [1.807, 2.05) is 59.5 Å². The van der Waals surface area contributed by atoms with Crippen LogP contribution in [-0.4, -0.2) is 59.9 Å². The van der Waals surface area contributed by atoms with Gasteiger partial charge in [0.15, 0.2) is 0 Å². The average molecular weight is 487 g/mol. The van der Waals surface area contributed by atoms with Gasteiger partial charge in [-0.2, -0.15) is 0 Å². The van der Waals surface area contributed by atoms with E-state index in [0.717, 1.165) is 72.2 Å². The molecule has 2 aromatic rings. The van der Waals surface area contributed by atoms with Gasteiger partial charge in [0.05, 0.1) is 24.4 Å². The molecular weight excluding hydrogens is 456 g/mol. The molecule has 1 amide bonds. The highest BCUT2D eigenvalue weighted by Crippen LogP contribution is 2.37. The first kappa shape index (κ1) is 23.4. The zero-order valence-electron chi connectivity index (χ0n) is 20.0. The highest BCUT2D eigenvalue weighted by Gasteiger charge is 2.27. The Kier molecular flexibility index (Phi) is 7.04. The number of thioether (sulfide) groups is 1. The minimum absolute atomic E-state index is 0.134. The van der Waals surface area contributed by atoms with E-state index in [-0.39, 0.29) is 5.91 Å². The van der Waals surface area contributed by atoms with Crippen LogP contribution in [0.1, 0.15) is 36.8 Å². The monoisotopic (exact) mass is 486 g/mol. The summed E-state index contributed by atoms with van der Waals surface area (Å²) in [5, 5.41) is 8.76. The van der Waals surface area contributed by atoms with Crippen molar-refractivity contribution in [1.82, 2.24) is 9.80 Å². The summed E-state index contributed by atoms with van der Waals surface area (Å²) in [6, 6.07) is 18.0. The summed E-state index contributed by atoms with van der Waals surface area (Å²) < 4.78 is 5.29. The first-order valence-corrected chi connectivity index (χ1v) is 12.9. The maximum atomic E-state index is 13.4. The van der Waals surface area contributed by atoms with Crippen LogP contribution in [-0.2, 0) is 4.79 Å². The third kappa shape index (κ3) is 5.35. The minimum Gasteiger partial charge on any atom is -0.497 e. The van der Waals surface area contributed by atoms with Gasteiger partial charge in [0.2, 0.25) is 5.91 Å². The molecule has 0 fully saturated rings. The molecule has 5 rings (SSSR count). The topological polar surface area (TPSA) is 69.0 Å². The molecular formula is C28H30N4O2S. The number of carbonyl (C=O) groups is 1. The maximum Gasteiger partial charge on any atom is 0.242 e. The fraction of sp³-hybridized carbons (Fsp3) is 0.321. The summed E-state index contributed by atoms with van der Waals surface area (Å²) in [7, 11) is 1.66. The van der Waals surface area contributed by atoms with Crippen LogP contribution in [0.15, 0.2) is 76.1 Å². The van der Waals surface area contributed by atoms with Crippen molar-refractivity contribution in [1.29, 1.82) is 5.41 Å². The highest BCUT2D eigenvalue weighted by atomic mass is 32.2. The number of hydrogen-bond donors (Lipinski definition) is 1. The number of aliphatic imine (C=N–C) groups is 1. The van der Waals surface area contributed by atoms with Crippen molar-refractivity contribution in [3.05, 3.63) is 82.3 Å². The molecule has 0 aromatic heterocycles. The van der Waals surface area contributed by atoms with E-state index >= 15 is 0 Å². The Bertz CT molecular complexity index is 1200. The number of nitrogens with zero attached hydrogens (tertiary/aromatic N) is 3. The first-order chi connectivity index (χ1) is 17.1. The van der Waals surface area contributed by atoms with Gasteiger partial charge < -0.3 is 14.5 Å². The number of benzene rings is 2. The summed E-state index contributed by atoms with van der Waals surface area (Å²) in [5.74, 6) is 1.77. The second-order valence-corrected chi connectivity index (χ2v) is 10.1. The van der Waals surface area contributed by atoms with Gasteiger partial charge in [-0.25, -0.2) is 4.99 Å². The average Bonchev–Trinajstić information content (AvgIpc) is 3.12. The normalized spacial score (nSPS) is 18.5. The number of ether oxygens (including phenoxy) is 1. The van der Waals surface area contributed by atoms with E-state index in [2.05, 4.69) is 11.0 Å². The number of hydrogen-bond acceptors (Lipinski definition) is 6. The van der Waals surface area contributed by atoms with Crippen LogP contribution in [0.3, 0.4) is 0 Å². The molecule has 0 unspecified atom stereocenters. The fourth-order valence-electron chi connectivity index (χ4n) is 4.73. The Morgan fingerprint density at radius 1 is 1.00 bits per heavy atom. The second kappa shape index (κ2) is 10.5. The zero-order chi connectivity index (χ0) is 24.2. The number of nitrogens with one attached hydrogen (secondary N) is 1. The standard InChI is InChI=1S/C28H30N4O2S/c1-34-23-10-7-20(8-11-23)24-14-17-32(28(30-24)22-5-3-2-4-6-22)19-27(33)31-16-13-21-9-12-26(29)35-25(21)15-18-31/h2-8,10-11,14,29H,9,12-13,15-19H2,1H3. The van der Waals surface area contributed by atoms with Crippen LogP contribution in [0, 0.1) is 5.41 Å². The summed E-state index contributed by atoms with van der Waals surface area (Å²) in [4.78, 5) is 23.8. The number of methoxy groups -OCH3 is 1. The molecule has 3 heterocycles. The summed E-state index contributed by atoms with van der Waals surface area (Å²) in [5.41, 5.74) is 4.37. The number of amidine groups is 1. The third-order valence-corrected chi connectivity index (χ3v) is 7.90. The van der Waals surface area contributed by atoms with E-state index in [1.54, 1.807) is 18.9 Å². The summed E-state index contributed by atoms with van der Waals surface area (Å²) in [6.07, 6.45) is 5.67. The van der Waals surface area contributed by atoms with Gasteiger partial charge in [-0.05, 0) is 60.9 Å². The van der Waals surface area contributed by atoms with Crippen LogP contribution in [0.4, 0.5) is 0 Å². The zero-order valence-corrected chi connectivity index (χ0v) is 20.8. The van der Waals surface area contributed by atoms with Gasteiger partial charge >= 0.3 is 0 Å². The molecule has 0 radical (unpaired) electrons. The van der Waals surface area contributed by atoms with E-state index in [0.29, 0.717) is 13.1 Å².